The monoisotopic (exact) mass is 393 g/mol. The van der Waals surface area contributed by atoms with Gasteiger partial charge in [0.15, 0.2) is 0 Å². The minimum absolute atomic E-state index is 0.155. The van der Waals surface area contributed by atoms with E-state index >= 15 is 0 Å². The molecule has 1 saturated heterocycles. The van der Waals surface area contributed by atoms with Crippen LogP contribution in [0.1, 0.15) is 6.92 Å². The van der Waals surface area contributed by atoms with Crippen LogP contribution in [0, 0.1) is 12.3 Å². The van der Waals surface area contributed by atoms with Gasteiger partial charge in [0.1, 0.15) is 15.9 Å². The summed E-state index contributed by atoms with van der Waals surface area (Å²) in [6.45, 7) is 3.53. The van der Waals surface area contributed by atoms with Gasteiger partial charge in [-0.1, -0.05) is 12.0 Å². The lowest BCUT2D eigenvalue weighted by Gasteiger charge is -2.36. The highest BCUT2D eigenvalue weighted by molar-refractivity contribution is 7.89. The van der Waals surface area contributed by atoms with E-state index in [1.54, 1.807) is 25.1 Å². The van der Waals surface area contributed by atoms with Gasteiger partial charge in [0.05, 0.1) is 24.3 Å². The molecule has 1 aromatic heterocycles. The Morgan fingerprint density at radius 1 is 1.35 bits per heavy atom. The molecule has 1 aromatic carbocycles. The van der Waals surface area contributed by atoms with Crippen LogP contribution in [0.25, 0.3) is 11.0 Å². The Labute approximate surface area is 156 Å². The third-order valence-electron chi connectivity index (χ3n) is 4.43. The summed E-state index contributed by atoms with van der Waals surface area (Å²) < 4.78 is 35.6. The number of piperazine rings is 1. The molecule has 2 aromatic rings. The minimum Gasteiger partial charge on any atom is -0.344 e. The molecule has 3 rings (SSSR count). The quantitative estimate of drug-likeness (QED) is 0.726. The number of rotatable bonds is 5. The number of aromatic nitrogens is 2. The second-order valence-corrected chi connectivity index (χ2v) is 8.36. The molecule has 1 aliphatic heterocycles. The number of benzene rings is 1. The Balaban J connectivity index is 1.70. The van der Waals surface area contributed by atoms with Crippen LogP contribution in [0.5, 0.6) is 0 Å². The number of terminal acetylenes is 1. The van der Waals surface area contributed by atoms with Gasteiger partial charge < -0.3 is 5.32 Å². The Kier molecular flexibility index (Phi) is 5.52. The Morgan fingerprint density at radius 3 is 2.77 bits per heavy atom. The lowest BCUT2D eigenvalue weighted by atomic mass is 10.2. The average Bonchev–Trinajstić information content (AvgIpc) is 3.14. The van der Waals surface area contributed by atoms with E-state index < -0.39 is 10.0 Å². The third kappa shape index (κ3) is 3.57. The molecule has 0 spiro atoms. The van der Waals surface area contributed by atoms with E-state index in [1.807, 2.05) is 4.90 Å². The van der Waals surface area contributed by atoms with Crippen molar-refractivity contribution in [3.05, 3.63) is 18.2 Å². The molecule has 1 fully saturated rings. The molecule has 1 amide bonds. The Morgan fingerprint density at radius 2 is 2.08 bits per heavy atom. The predicted molar refractivity (Wildman–Crippen MR) is 99.1 cm³/mol. The molecular weight excluding hydrogens is 374 g/mol. The molecule has 1 aliphatic rings. The zero-order valence-corrected chi connectivity index (χ0v) is 15.9. The summed E-state index contributed by atoms with van der Waals surface area (Å²) >= 11 is 0.994. The Hall–Kier alpha value is -2.06. The number of amides is 1. The minimum atomic E-state index is -3.66. The summed E-state index contributed by atoms with van der Waals surface area (Å²) in [5, 5.41) is 2.65. The summed E-state index contributed by atoms with van der Waals surface area (Å²) in [7, 11) is -3.66. The fourth-order valence-corrected chi connectivity index (χ4v) is 5.09. The van der Waals surface area contributed by atoms with Crippen LogP contribution < -0.4 is 5.32 Å². The number of carbonyl (C=O) groups excluding carboxylic acids is 1. The van der Waals surface area contributed by atoms with Gasteiger partial charge in [0, 0.05) is 26.2 Å². The predicted octanol–water partition coefficient (Wildman–Crippen LogP) is 0.136. The van der Waals surface area contributed by atoms with Crippen molar-refractivity contribution in [3.63, 3.8) is 0 Å². The van der Waals surface area contributed by atoms with Crippen LogP contribution in [0.3, 0.4) is 0 Å². The van der Waals surface area contributed by atoms with Gasteiger partial charge in [-0.2, -0.15) is 13.1 Å². The highest BCUT2D eigenvalue weighted by Gasteiger charge is 2.33. The first kappa shape index (κ1) is 18.7. The summed E-state index contributed by atoms with van der Waals surface area (Å²) in [5.74, 6) is 2.21. The first-order valence-corrected chi connectivity index (χ1v) is 10.3. The van der Waals surface area contributed by atoms with Gasteiger partial charge in [0.2, 0.25) is 15.9 Å². The number of hydrogen-bond donors (Lipinski definition) is 1. The first-order chi connectivity index (χ1) is 12.4. The number of nitrogens with one attached hydrogen (secondary N) is 1. The van der Waals surface area contributed by atoms with Crippen molar-refractivity contribution < 1.29 is 13.2 Å². The van der Waals surface area contributed by atoms with Gasteiger partial charge in [-0.3, -0.25) is 9.69 Å². The van der Waals surface area contributed by atoms with E-state index in [2.05, 4.69) is 20.0 Å². The maximum Gasteiger partial charge on any atom is 0.245 e. The topological polar surface area (TPSA) is 95.5 Å². The van der Waals surface area contributed by atoms with Crippen molar-refractivity contribution in [2.75, 3.05) is 32.7 Å². The van der Waals surface area contributed by atoms with E-state index in [4.69, 9.17) is 6.42 Å². The molecule has 1 N–H and O–H groups in total. The lowest BCUT2D eigenvalue weighted by Crippen LogP contribution is -2.54. The Bertz CT molecular complexity index is 942. The van der Waals surface area contributed by atoms with Crippen molar-refractivity contribution in [1.29, 1.82) is 0 Å². The fourth-order valence-electron chi connectivity index (χ4n) is 2.91. The van der Waals surface area contributed by atoms with Crippen molar-refractivity contribution >= 4 is 38.7 Å². The fraction of sp³-hybridized carbons (Fsp3) is 0.438. The zero-order chi connectivity index (χ0) is 18.7. The smallest absolute Gasteiger partial charge is 0.245 e. The van der Waals surface area contributed by atoms with Crippen LogP contribution in [0.2, 0.25) is 0 Å². The summed E-state index contributed by atoms with van der Waals surface area (Å²) in [4.78, 5) is 14.1. The zero-order valence-electron chi connectivity index (χ0n) is 14.3. The van der Waals surface area contributed by atoms with Crippen molar-refractivity contribution in [2.24, 2.45) is 0 Å². The molecule has 1 atom stereocenters. The molecule has 0 bridgehead atoms. The maximum atomic E-state index is 13.0. The van der Waals surface area contributed by atoms with Gasteiger partial charge in [0.25, 0.3) is 0 Å². The normalized spacial score (nSPS) is 17.7. The lowest BCUT2D eigenvalue weighted by molar-refractivity contribution is -0.126. The van der Waals surface area contributed by atoms with Gasteiger partial charge in [-0.25, -0.2) is 8.42 Å². The van der Waals surface area contributed by atoms with Crippen LogP contribution in [-0.2, 0) is 14.8 Å². The standard InChI is InChI=1S/C16H19N5O3S2/c1-3-7-17-16(22)12(2)20-8-10-21(11-9-20)26(23,24)14-6-4-5-13-15(14)19-25-18-13/h1,4-6,12H,7-11H2,2H3,(H,17,22). The van der Waals surface area contributed by atoms with Crippen LogP contribution in [0.4, 0.5) is 0 Å². The van der Waals surface area contributed by atoms with Crippen LogP contribution in [0.15, 0.2) is 23.1 Å². The molecule has 2 heterocycles. The SMILES string of the molecule is C#CCNC(=O)C(C)N1CCN(S(=O)(=O)c2cccc3nsnc23)CC1. The van der Waals surface area contributed by atoms with E-state index in [-0.39, 0.29) is 23.4 Å². The highest BCUT2D eigenvalue weighted by atomic mass is 32.2. The number of nitrogens with zero attached hydrogens (tertiary/aromatic N) is 4. The first-order valence-electron chi connectivity index (χ1n) is 8.12. The highest BCUT2D eigenvalue weighted by Crippen LogP contribution is 2.25. The van der Waals surface area contributed by atoms with E-state index in [0.717, 1.165) is 11.7 Å². The molecule has 1 unspecified atom stereocenters. The van der Waals surface area contributed by atoms with E-state index in [0.29, 0.717) is 37.2 Å². The second-order valence-electron chi connectivity index (χ2n) is 5.93. The molecule has 0 aliphatic carbocycles. The van der Waals surface area contributed by atoms with E-state index in [1.165, 1.54) is 4.31 Å². The van der Waals surface area contributed by atoms with Crippen molar-refractivity contribution in [2.45, 2.75) is 17.9 Å². The number of sulfonamides is 1. The van der Waals surface area contributed by atoms with Crippen molar-refractivity contribution in [3.8, 4) is 12.3 Å². The van der Waals surface area contributed by atoms with E-state index in [9.17, 15) is 13.2 Å². The van der Waals surface area contributed by atoms with Gasteiger partial charge in [-0.15, -0.1) is 6.42 Å². The molecular formula is C16H19N5O3S2. The largest absolute Gasteiger partial charge is 0.344 e. The summed E-state index contributed by atoms with van der Waals surface area (Å²) in [5.41, 5.74) is 0.982. The maximum absolute atomic E-state index is 13.0. The summed E-state index contributed by atoms with van der Waals surface area (Å²) in [6.07, 6.45) is 5.15. The molecule has 138 valence electrons. The molecule has 0 radical (unpaired) electrons. The summed E-state index contributed by atoms with van der Waals surface area (Å²) in [6, 6.07) is 4.61. The van der Waals surface area contributed by atoms with Gasteiger partial charge >= 0.3 is 0 Å². The second kappa shape index (κ2) is 7.67. The molecule has 0 saturated carbocycles. The number of carbonyl (C=O) groups is 1. The molecule has 8 nitrogen and oxygen atoms in total. The average molecular weight is 393 g/mol. The van der Waals surface area contributed by atoms with Gasteiger partial charge in [-0.05, 0) is 19.1 Å². The third-order valence-corrected chi connectivity index (χ3v) is 6.90. The number of hydrogen-bond acceptors (Lipinski definition) is 7. The number of fused-ring (bicyclic) bond motifs is 1. The van der Waals surface area contributed by atoms with Crippen LogP contribution >= 0.6 is 11.7 Å². The van der Waals surface area contributed by atoms with Crippen molar-refractivity contribution in [1.82, 2.24) is 23.3 Å². The molecule has 10 heteroatoms. The van der Waals surface area contributed by atoms with Crippen LogP contribution in [-0.4, -0.2) is 71.0 Å². The molecule has 26 heavy (non-hydrogen) atoms.